The molecule has 0 aliphatic rings. The third-order valence-electron chi connectivity index (χ3n) is 2.49. The van der Waals surface area contributed by atoms with Crippen molar-refractivity contribution in [3.05, 3.63) is 42.0 Å². The predicted molar refractivity (Wildman–Crippen MR) is 71.5 cm³/mol. The van der Waals surface area contributed by atoms with Crippen LogP contribution in [0.4, 0.5) is 8.78 Å². The molecule has 0 aliphatic carbocycles. The number of aliphatic hydroxyl groups is 1. The zero-order valence-electron chi connectivity index (χ0n) is 10.9. The molecule has 0 amide bonds. The van der Waals surface area contributed by atoms with Crippen molar-refractivity contribution in [3.63, 3.8) is 0 Å². The van der Waals surface area contributed by atoms with E-state index in [1.54, 1.807) is 13.0 Å². The van der Waals surface area contributed by atoms with Crippen LogP contribution in [0.25, 0.3) is 0 Å². The monoisotopic (exact) mass is 306 g/mol. The van der Waals surface area contributed by atoms with Crippen molar-refractivity contribution in [1.82, 2.24) is 0 Å². The van der Waals surface area contributed by atoms with Crippen LogP contribution in [0.5, 0.6) is 5.75 Å². The fraction of sp³-hybridized carbons (Fsp3) is 0.385. The highest BCUT2D eigenvalue weighted by molar-refractivity contribution is 7.91. The first-order valence-corrected chi connectivity index (χ1v) is 7.70. The zero-order valence-corrected chi connectivity index (χ0v) is 11.7. The van der Waals surface area contributed by atoms with Crippen LogP contribution < -0.4 is 4.74 Å². The van der Waals surface area contributed by atoms with Gasteiger partial charge >= 0.3 is 6.61 Å². The molecule has 0 fully saturated rings. The first kappa shape index (κ1) is 16.6. The number of benzene rings is 1. The van der Waals surface area contributed by atoms with E-state index < -0.39 is 28.3 Å². The maximum Gasteiger partial charge on any atom is 0.387 e. The molecular weight excluding hydrogens is 290 g/mol. The van der Waals surface area contributed by atoms with Crippen molar-refractivity contribution in [2.75, 3.05) is 11.5 Å². The standard InChI is InChI=1S/C13H16F2O4S/c1-2-3-8-20(17,18)9-12(16)10-4-6-11(7-5-10)19-13(14)15/h2-7,12-13,16H,8-9H2,1H3. The fourth-order valence-corrected chi connectivity index (χ4v) is 2.81. The van der Waals surface area contributed by atoms with Crippen molar-refractivity contribution in [3.8, 4) is 5.75 Å². The van der Waals surface area contributed by atoms with E-state index in [9.17, 15) is 22.3 Å². The fourth-order valence-electron chi connectivity index (χ4n) is 1.52. The number of aliphatic hydroxyl groups excluding tert-OH is 1. The normalized spacial score (nSPS) is 13.8. The van der Waals surface area contributed by atoms with Crippen molar-refractivity contribution < 1.29 is 27.0 Å². The Bertz CT molecular complexity index is 538. The molecule has 1 atom stereocenters. The number of allylic oxidation sites excluding steroid dienone is 1. The van der Waals surface area contributed by atoms with Crippen LogP contribution in [0.3, 0.4) is 0 Å². The highest BCUT2D eigenvalue weighted by Gasteiger charge is 2.17. The van der Waals surface area contributed by atoms with E-state index in [0.717, 1.165) is 0 Å². The van der Waals surface area contributed by atoms with Gasteiger partial charge in [-0.3, -0.25) is 0 Å². The largest absolute Gasteiger partial charge is 0.435 e. The molecule has 1 aromatic rings. The van der Waals surface area contributed by atoms with Crippen LogP contribution in [0.2, 0.25) is 0 Å². The highest BCUT2D eigenvalue weighted by Crippen LogP contribution is 2.20. The average molecular weight is 306 g/mol. The molecule has 0 aromatic heterocycles. The van der Waals surface area contributed by atoms with Gasteiger partial charge < -0.3 is 9.84 Å². The highest BCUT2D eigenvalue weighted by atomic mass is 32.2. The lowest BCUT2D eigenvalue weighted by Crippen LogP contribution is -2.16. The molecule has 1 rings (SSSR count). The number of sulfone groups is 1. The molecular formula is C13H16F2O4S. The van der Waals surface area contributed by atoms with Crippen LogP contribution in [0, 0.1) is 0 Å². The summed E-state index contributed by atoms with van der Waals surface area (Å²) in [6.07, 6.45) is 1.90. The molecule has 0 radical (unpaired) electrons. The summed E-state index contributed by atoms with van der Waals surface area (Å²) in [5.74, 6) is -0.618. The minimum Gasteiger partial charge on any atom is -0.435 e. The lowest BCUT2D eigenvalue weighted by atomic mass is 10.1. The quantitative estimate of drug-likeness (QED) is 0.785. The number of ether oxygens (including phenoxy) is 1. The topological polar surface area (TPSA) is 63.6 Å². The lowest BCUT2D eigenvalue weighted by molar-refractivity contribution is -0.0498. The van der Waals surface area contributed by atoms with Crippen molar-refractivity contribution in [2.45, 2.75) is 19.6 Å². The molecule has 0 bridgehead atoms. The molecule has 1 unspecified atom stereocenters. The van der Waals surface area contributed by atoms with Crippen LogP contribution in [0.15, 0.2) is 36.4 Å². The molecule has 4 nitrogen and oxygen atoms in total. The van der Waals surface area contributed by atoms with Gasteiger partial charge in [0, 0.05) is 0 Å². The summed E-state index contributed by atoms with van der Waals surface area (Å²) >= 11 is 0. The Morgan fingerprint density at radius 1 is 1.30 bits per heavy atom. The van der Waals surface area contributed by atoms with E-state index in [-0.39, 0.29) is 11.5 Å². The van der Waals surface area contributed by atoms with E-state index in [4.69, 9.17) is 0 Å². The SMILES string of the molecule is CC=CCS(=O)(=O)CC(O)c1ccc(OC(F)F)cc1. The Hall–Kier alpha value is -1.47. The smallest absolute Gasteiger partial charge is 0.387 e. The van der Waals surface area contributed by atoms with Gasteiger partial charge in [0.25, 0.3) is 0 Å². The third-order valence-corrected chi connectivity index (χ3v) is 4.01. The summed E-state index contributed by atoms with van der Waals surface area (Å²) in [6.45, 7) is -1.22. The first-order chi connectivity index (χ1) is 9.34. The minimum absolute atomic E-state index is 0.0484. The van der Waals surface area contributed by atoms with E-state index in [1.165, 1.54) is 30.3 Å². The van der Waals surface area contributed by atoms with Gasteiger partial charge in [-0.25, -0.2) is 8.42 Å². The molecule has 0 spiro atoms. The Morgan fingerprint density at radius 2 is 1.90 bits per heavy atom. The van der Waals surface area contributed by atoms with E-state index in [2.05, 4.69) is 4.74 Å². The van der Waals surface area contributed by atoms with E-state index in [1.807, 2.05) is 0 Å². The summed E-state index contributed by atoms with van der Waals surface area (Å²) in [4.78, 5) is 0. The summed E-state index contributed by atoms with van der Waals surface area (Å²) in [6, 6.07) is 5.22. The molecule has 112 valence electrons. The van der Waals surface area contributed by atoms with Gasteiger partial charge in [0.15, 0.2) is 9.84 Å². The maximum atomic E-state index is 12.0. The molecule has 0 aliphatic heterocycles. The third kappa shape index (κ3) is 5.66. The number of alkyl halides is 2. The van der Waals surface area contributed by atoms with Crippen molar-refractivity contribution >= 4 is 9.84 Å². The molecule has 0 heterocycles. The van der Waals surface area contributed by atoms with Crippen LogP contribution in [0.1, 0.15) is 18.6 Å². The summed E-state index contributed by atoms with van der Waals surface area (Å²) < 4.78 is 51.4. The second-order valence-corrected chi connectivity index (χ2v) is 6.26. The average Bonchev–Trinajstić information content (AvgIpc) is 2.36. The van der Waals surface area contributed by atoms with Gasteiger partial charge in [-0.2, -0.15) is 8.78 Å². The minimum atomic E-state index is -3.41. The first-order valence-electron chi connectivity index (χ1n) is 5.88. The van der Waals surface area contributed by atoms with Crippen molar-refractivity contribution in [1.29, 1.82) is 0 Å². The van der Waals surface area contributed by atoms with Gasteiger partial charge in [-0.15, -0.1) is 0 Å². The Labute approximate surface area is 116 Å². The van der Waals surface area contributed by atoms with Crippen LogP contribution >= 0.6 is 0 Å². The summed E-state index contributed by atoms with van der Waals surface area (Å²) in [5.41, 5.74) is 0.329. The number of halogens is 2. The van der Waals surface area contributed by atoms with E-state index in [0.29, 0.717) is 5.56 Å². The van der Waals surface area contributed by atoms with Crippen LogP contribution in [-0.2, 0) is 9.84 Å². The predicted octanol–water partition coefficient (Wildman–Crippen LogP) is 2.31. The maximum absolute atomic E-state index is 12.0. The van der Waals surface area contributed by atoms with E-state index >= 15 is 0 Å². The zero-order chi connectivity index (χ0) is 15.2. The molecule has 0 saturated heterocycles. The van der Waals surface area contributed by atoms with Gasteiger partial charge in [0.1, 0.15) is 5.75 Å². The van der Waals surface area contributed by atoms with Crippen LogP contribution in [-0.4, -0.2) is 31.6 Å². The van der Waals surface area contributed by atoms with Crippen molar-refractivity contribution in [2.24, 2.45) is 0 Å². The number of rotatable bonds is 7. The van der Waals surface area contributed by atoms with Gasteiger partial charge in [0.05, 0.1) is 17.6 Å². The summed E-state index contributed by atoms with van der Waals surface area (Å²) in [7, 11) is -3.41. The Kier molecular flexibility index (Phi) is 6.09. The summed E-state index contributed by atoms with van der Waals surface area (Å²) in [5, 5.41) is 9.84. The lowest BCUT2D eigenvalue weighted by Gasteiger charge is -2.12. The van der Waals surface area contributed by atoms with Gasteiger partial charge in [0.2, 0.25) is 0 Å². The number of hydrogen-bond donors (Lipinski definition) is 1. The van der Waals surface area contributed by atoms with Gasteiger partial charge in [-0.1, -0.05) is 24.3 Å². The number of hydrogen-bond acceptors (Lipinski definition) is 4. The molecule has 20 heavy (non-hydrogen) atoms. The molecule has 0 saturated carbocycles. The second-order valence-electron chi connectivity index (χ2n) is 4.11. The Morgan fingerprint density at radius 3 is 2.40 bits per heavy atom. The Balaban J connectivity index is 2.70. The molecule has 7 heteroatoms. The van der Waals surface area contributed by atoms with Gasteiger partial charge in [-0.05, 0) is 24.6 Å². The second kappa shape index (κ2) is 7.35. The molecule has 1 N–H and O–H groups in total. The molecule has 1 aromatic carbocycles.